The molecule has 5 aliphatic rings. The van der Waals surface area contributed by atoms with Gasteiger partial charge in [-0.05, 0) is 93.5 Å². The van der Waals surface area contributed by atoms with E-state index in [2.05, 4.69) is 25.2 Å². The molecule has 1 heterocycles. The number of hydrogen-bond acceptors (Lipinski definition) is 4. The first-order valence-corrected chi connectivity index (χ1v) is 12.4. The summed E-state index contributed by atoms with van der Waals surface area (Å²) in [6, 6.07) is 0. The molecule has 4 nitrogen and oxygen atoms in total. The minimum atomic E-state index is -0.297. The third kappa shape index (κ3) is 3.00. The van der Waals surface area contributed by atoms with E-state index in [1.165, 1.54) is 12.0 Å². The van der Waals surface area contributed by atoms with Crippen molar-refractivity contribution < 1.29 is 14.7 Å². The number of fused-ring (bicyclic) bond motifs is 5. The highest BCUT2D eigenvalue weighted by Crippen LogP contribution is 2.66. The van der Waals surface area contributed by atoms with Crippen LogP contribution in [-0.2, 0) is 9.59 Å². The summed E-state index contributed by atoms with van der Waals surface area (Å²) in [7, 11) is 0. The van der Waals surface area contributed by atoms with Crippen LogP contribution in [0.15, 0.2) is 11.6 Å². The number of ketones is 2. The first kappa shape index (κ1) is 20.9. The molecule has 0 spiro atoms. The summed E-state index contributed by atoms with van der Waals surface area (Å²) < 4.78 is 0. The van der Waals surface area contributed by atoms with Crippen LogP contribution >= 0.6 is 0 Å². The normalized spacial score (nSPS) is 49.8. The van der Waals surface area contributed by atoms with Gasteiger partial charge < -0.3 is 10.4 Å². The van der Waals surface area contributed by atoms with E-state index < -0.39 is 0 Å². The summed E-state index contributed by atoms with van der Waals surface area (Å²) >= 11 is 0. The quantitative estimate of drug-likeness (QED) is 0.688. The van der Waals surface area contributed by atoms with Crippen LogP contribution in [0.4, 0.5) is 0 Å². The molecule has 0 radical (unpaired) electrons. The second kappa shape index (κ2) is 7.55. The molecular weight excluding hydrogens is 374 g/mol. The number of aliphatic hydroxyl groups excluding tert-OH is 1. The summed E-state index contributed by atoms with van der Waals surface area (Å²) in [6.45, 7) is 6.78. The second-order valence-electron chi connectivity index (χ2n) is 11.6. The zero-order valence-corrected chi connectivity index (χ0v) is 18.8. The van der Waals surface area contributed by atoms with E-state index >= 15 is 0 Å². The molecule has 0 aromatic carbocycles. The third-order valence-corrected chi connectivity index (χ3v) is 10.4. The summed E-state index contributed by atoms with van der Waals surface area (Å²) in [4.78, 5) is 26.4. The first-order chi connectivity index (χ1) is 14.4. The Morgan fingerprint density at radius 3 is 2.63 bits per heavy atom. The van der Waals surface area contributed by atoms with Crippen LogP contribution < -0.4 is 5.32 Å². The lowest BCUT2D eigenvalue weighted by molar-refractivity contribution is -0.167. The number of rotatable bonds is 3. The van der Waals surface area contributed by atoms with E-state index in [1.54, 1.807) is 0 Å². The lowest BCUT2D eigenvalue weighted by atomic mass is 9.42. The van der Waals surface area contributed by atoms with Gasteiger partial charge in [-0.2, -0.15) is 0 Å². The van der Waals surface area contributed by atoms with Gasteiger partial charge in [0.15, 0.2) is 0 Å². The fraction of sp³-hybridized carbons (Fsp3) is 0.846. The van der Waals surface area contributed by atoms with Gasteiger partial charge in [0.1, 0.15) is 11.6 Å². The predicted octanol–water partition coefficient (Wildman–Crippen LogP) is 3.92. The molecule has 0 bridgehead atoms. The van der Waals surface area contributed by atoms with Crippen molar-refractivity contribution >= 4 is 11.6 Å². The maximum atomic E-state index is 13.8. The fourth-order valence-corrected chi connectivity index (χ4v) is 8.44. The van der Waals surface area contributed by atoms with Gasteiger partial charge >= 0.3 is 0 Å². The number of carbonyl (C=O) groups excluding carboxylic acids is 2. The van der Waals surface area contributed by atoms with Gasteiger partial charge in [-0.25, -0.2) is 0 Å². The molecule has 166 valence electrons. The molecule has 4 aliphatic carbocycles. The van der Waals surface area contributed by atoms with Gasteiger partial charge in [-0.1, -0.05) is 25.5 Å². The van der Waals surface area contributed by atoms with Gasteiger partial charge in [0.25, 0.3) is 0 Å². The Morgan fingerprint density at radius 2 is 1.90 bits per heavy atom. The fourth-order valence-electron chi connectivity index (χ4n) is 8.44. The lowest BCUT2D eigenvalue weighted by Gasteiger charge is -2.60. The smallest absolute Gasteiger partial charge is 0.142 e. The molecule has 2 N–H and O–H groups in total. The highest BCUT2D eigenvalue weighted by molar-refractivity contribution is 5.91. The zero-order valence-electron chi connectivity index (χ0n) is 18.8. The Bertz CT molecular complexity index is 753. The molecule has 5 rings (SSSR count). The Morgan fingerprint density at radius 1 is 1.07 bits per heavy atom. The Kier molecular flexibility index (Phi) is 5.25. The van der Waals surface area contributed by atoms with Crippen molar-refractivity contribution in [3.8, 4) is 0 Å². The van der Waals surface area contributed by atoms with Crippen molar-refractivity contribution in [1.29, 1.82) is 0 Å². The molecule has 1 saturated heterocycles. The molecule has 8 atom stereocenters. The number of aliphatic hydroxyl groups is 1. The summed E-state index contributed by atoms with van der Waals surface area (Å²) in [6.07, 6.45) is 11.6. The molecule has 1 aliphatic heterocycles. The highest BCUT2D eigenvalue weighted by atomic mass is 16.3. The maximum Gasteiger partial charge on any atom is 0.142 e. The first-order valence-electron chi connectivity index (χ1n) is 12.4. The highest BCUT2D eigenvalue weighted by Gasteiger charge is 2.64. The minimum absolute atomic E-state index is 0.0105. The van der Waals surface area contributed by atoms with Crippen molar-refractivity contribution in [3.63, 3.8) is 0 Å². The van der Waals surface area contributed by atoms with E-state index in [9.17, 15) is 14.7 Å². The van der Waals surface area contributed by atoms with Crippen LogP contribution in [0.1, 0.15) is 71.6 Å². The largest absolute Gasteiger partial charge is 0.396 e. The molecule has 4 saturated carbocycles. The van der Waals surface area contributed by atoms with Crippen LogP contribution in [-0.4, -0.2) is 36.4 Å². The molecule has 4 heteroatoms. The van der Waals surface area contributed by atoms with Gasteiger partial charge in [-0.15, -0.1) is 0 Å². The van der Waals surface area contributed by atoms with Crippen LogP contribution in [0.3, 0.4) is 0 Å². The van der Waals surface area contributed by atoms with E-state index in [0.29, 0.717) is 18.1 Å². The summed E-state index contributed by atoms with van der Waals surface area (Å²) in [5.74, 6) is 2.03. The van der Waals surface area contributed by atoms with Crippen LogP contribution in [0.5, 0.6) is 0 Å². The number of hydrogen-bond donors (Lipinski definition) is 2. The molecule has 2 unspecified atom stereocenters. The zero-order chi connectivity index (χ0) is 21.1. The minimum Gasteiger partial charge on any atom is -0.396 e. The van der Waals surface area contributed by atoms with E-state index in [1.807, 2.05) is 0 Å². The van der Waals surface area contributed by atoms with E-state index in [-0.39, 0.29) is 46.9 Å². The Balaban J connectivity index is 1.42. The summed E-state index contributed by atoms with van der Waals surface area (Å²) in [5, 5.41) is 13.8. The SMILES string of the molecule is C[C@]12CC/C(=C\CC3CCNC3)CC1[C@@H](CO)C(=O)[C@@H]1[C@@H]2CC[C@]2(C)C(=O)CC[C@@H]12. The summed E-state index contributed by atoms with van der Waals surface area (Å²) in [5.41, 5.74) is 1.34. The van der Waals surface area contributed by atoms with Crippen molar-refractivity contribution in [1.82, 2.24) is 5.32 Å². The van der Waals surface area contributed by atoms with Crippen molar-refractivity contribution in [3.05, 3.63) is 11.6 Å². The van der Waals surface area contributed by atoms with Gasteiger partial charge in [0.2, 0.25) is 0 Å². The van der Waals surface area contributed by atoms with Crippen LogP contribution in [0, 0.1) is 46.3 Å². The topological polar surface area (TPSA) is 66.4 Å². The lowest BCUT2D eigenvalue weighted by Crippen LogP contribution is -2.60. The molecule has 30 heavy (non-hydrogen) atoms. The Labute approximate surface area is 181 Å². The molecule has 0 amide bonds. The van der Waals surface area contributed by atoms with Crippen molar-refractivity contribution in [2.45, 2.75) is 71.6 Å². The number of Topliss-reactive ketones (excluding diaryl/α,β-unsaturated/α-hetero) is 2. The maximum absolute atomic E-state index is 13.8. The number of carbonyl (C=O) groups is 2. The average Bonchev–Trinajstić information content (AvgIpc) is 3.36. The van der Waals surface area contributed by atoms with Gasteiger partial charge in [-0.3, -0.25) is 9.59 Å². The van der Waals surface area contributed by atoms with E-state index in [4.69, 9.17) is 0 Å². The number of nitrogens with one attached hydrogen (secondary N) is 1. The molecule has 0 aromatic heterocycles. The van der Waals surface area contributed by atoms with Crippen LogP contribution in [0.25, 0.3) is 0 Å². The second-order valence-corrected chi connectivity index (χ2v) is 11.6. The molecular formula is C26H39NO3. The van der Waals surface area contributed by atoms with Crippen molar-refractivity contribution in [2.75, 3.05) is 19.7 Å². The number of allylic oxidation sites excluding steroid dienone is 2. The van der Waals surface area contributed by atoms with Crippen LogP contribution in [0.2, 0.25) is 0 Å². The monoisotopic (exact) mass is 413 g/mol. The van der Waals surface area contributed by atoms with Crippen molar-refractivity contribution in [2.24, 2.45) is 46.3 Å². The molecule has 5 fully saturated rings. The third-order valence-electron chi connectivity index (χ3n) is 10.4. The average molecular weight is 414 g/mol. The van der Waals surface area contributed by atoms with Gasteiger partial charge in [0, 0.05) is 23.7 Å². The molecule has 0 aromatic rings. The van der Waals surface area contributed by atoms with E-state index in [0.717, 1.165) is 64.0 Å². The Hall–Kier alpha value is -1.00. The predicted molar refractivity (Wildman–Crippen MR) is 117 cm³/mol. The van der Waals surface area contributed by atoms with Gasteiger partial charge in [0.05, 0.1) is 6.61 Å². The standard InChI is InChI=1S/C26H39NO3/c1-25-10-7-16(3-4-17-9-12-27-14-17)13-21(25)18(15-28)24(30)23-19-5-6-22(29)26(19,2)11-8-20(23)25/h3,17-21,23,27-28H,4-15H2,1-2H3/b16-3+/t17?,18-,19+,20+,21?,23+,25-,26+/m1/s1.